The number of ether oxygens (including phenoxy) is 1. The number of aliphatic carboxylic acids is 1. The summed E-state index contributed by atoms with van der Waals surface area (Å²) in [6, 6.07) is -0.950. The minimum absolute atomic E-state index is 0.111. The first-order chi connectivity index (χ1) is 8.24. The number of likely N-dealkylation sites (tertiary alicyclic amines) is 1. The second-order valence-corrected chi connectivity index (χ2v) is 5.01. The fraction of sp³-hybridized carbons (Fsp3) is 0.727. The zero-order valence-electron chi connectivity index (χ0n) is 11.0. The molecule has 1 atom stereocenters. The van der Waals surface area contributed by atoms with Gasteiger partial charge in [0.05, 0.1) is 12.3 Å². The molecule has 1 aliphatic heterocycles. The third-order valence-electron chi connectivity index (χ3n) is 2.29. The fourth-order valence-electron chi connectivity index (χ4n) is 1.63. The number of carbonyl (C=O) groups excluding carboxylic acids is 1. The maximum atomic E-state index is 11.9. The summed E-state index contributed by atoms with van der Waals surface area (Å²) in [7, 11) is 1.37. The molecule has 0 radical (unpaired) electrons. The molecule has 1 unspecified atom stereocenters. The molecule has 0 aliphatic carbocycles. The molecule has 7 heteroatoms. The van der Waals surface area contributed by atoms with Crippen LogP contribution >= 0.6 is 0 Å². The van der Waals surface area contributed by atoms with Crippen LogP contribution in [-0.2, 0) is 14.4 Å². The second kappa shape index (κ2) is 5.24. The summed E-state index contributed by atoms with van der Waals surface area (Å²) in [5.41, 5.74) is -0.155. The number of rotatable bonds is 2. The van der Waals surface area contributed by atoms with Gasteiger partial charge in [-0.2, -0.15) is 0 Å². The molecule has 1 N–H and O–H groups in total. The van der Waals surface area contributed by atoms with Crippen LogP contribution in [0.25, 0.3) is 0 Å². The molecule has 1 rings (SSSR count). The quantitative estimate of drug-likeness (QED) is 0.749. The molecule has 18 heavy (non-hydrogen) atoms. The van der Waals surface area contributed by atoms with E-state index in [-0.39, 0.29) is 13.0 Å². The van der Waals surface area contributed by atoms with Crippen LogP contribution < -0.4 is 0 Å². The van der Waals surface area contributed by atoms with Gasteiger partial charge in [-0.3, -0.25) is 4.90 Å². The average molecular weight is 258 g/mol. The first kappa shape index (κ1) is 14.3. The maximum Gasteiger partial charge on any atom is 0.411 e. The molecule has 1 saturated heterocycles. The van der Waals surface area contributed by atoms with Gasteiger partial charge in [0, 0.05) is 6.42 Å². The summed E-state index contributed by atoms with van der Waals surface area (Å²) in [5.74, 6) is -1.08. The molecule has 0 aromatic carbocycles. The SMILES string of the molecule is CON=C1CC(C(=O)O)N(C(=O)OC(C)(C)C)C1. The van der Waals surface area contributed by atoms with Crippen molar-refractivity contribution < 1.29 is 24.3 Å². The Morgan fingerprint density at radius 2 is 2.06 bits per heavy atom. The monoisotopic (exact) mass is 258 g/mol. The number of hydrogen-bond donors (Lipinski definition) is 1. The van der Waals surface area contributed by atoms with Crippen LogP contribution in [0.3, 0.4) is 0 Å². The van der Waals surface area contributed by atoms with Crippen LogP contribution in [0, 0.1) is 0 Å². The molecule has 7 nitrogen and oxygen atoms in total. The van der Waals surface area contributed by atoms with E-state index in [4.69, 9.17) is 9.84 Å². The van der Waals surface area contributed by atoms with Gasteiger partial charge in [-0.15, -0.1) is 0 Å². The first-order valence-electron chi connectivity index (χ1n) is 5.56. The van der Waals surface area contributed by atoms with Gasteiger partial charge in [-0.05, 0) is 20.8 Å². The summed E-state index contributed by atoms with van der Waals surface area (Å²) >= 11 is 0. The van der Waals surface area contributed by atoms with E-state index in [9.17, 15) is 9.59 Å². The van der Waals surface area contributed by atoms with Crippen LogP contribution in [0.15, 0.2) is 5.16 Å². The van der Waals surface area contributed by atoms with Gasteiger partial charge >= 0.3 is 12.1 Å². The Labute approximate surface area is 105 Å². The number of amides is 1. The number of nitrogens with zero attached hydrogens (tertiary/aromatic N) is 2. The van der Waals surface area contributed by atoms with E-state index in [1.54, 1.807) is 20.8 Å². The molecule has 1 amide bonds. The van der Waals surface area contributed by atoms with Crippen molar-refractivity contribution in [2.45, 2.75) is 38.8 Å². The van der Waals surface area contributed by atoms with Crippen molar-refractivity contribution >= 4 is 17.8 Å². The van der Waals surface area contributed by atoms with Crippen LogP contribution in [0.5, 0.6) is 0 Å². The highest BCUT2D eigenvalue weighted by Crippen LogP contribution is 2.20. The summed E-state index contributed by atoms with van der Waals surface area (Å²) < 4.78 is 5.16. The smallest absolute Gasteiger partial charge is 0.411 e. The summed E-state index contributed by atoms with van der Waals surface area (Å²) in [6.07, 6.45) is -0.501. The number of carboxylic acids is 1. The minimum Gasteiger partial charge on any atom is -0.480 e. The van der Waals surface area contributed by atoms with E-state index in [0.717, 1.165) is 4.90 Å². The van der Waals surface area contributed by atoms with Crippen molar-refractivity contribution in [3.8, 4) is 0 Å². The molecule has 0 aromatic heterocycles. The lowest BCUT2D eigenvalue weighted by Crippen LogP contribution is -2.43. The highest BCUT2D eigenvalue weighted by Gasteiger charge is 2.40. The molecule has 0 spiro atoms. The molecule has 0 bridgehead atoms. The molecule has 1 heterocycles. The number of carboxylic acid groups (broad SMARTS) is 1. The molecule has 0 saturated carbocycles. The Hall–Kier alpha value is -1.79. The third-order valence-corrected chi connectivity index (χ3v) is 2.29. The number of carbonyl (C=O) groups is 2. The van der Waals surface area contributed by atoms with Crippen molar-refractivity contribution in [2.24, 2.45) is 5.16 Å². The van der Waals surface area contributed by atoms with Gasteiger partial charge in [0.2, 0.25) is 0 Å². The summed E-state index contributed by atoms with van der Waals surface area (Å²) in [5, 5.41) is 12.8. The van der Waals surface area contributed by atoms with Crippen LogP contribution in [-0.4, -0.2) is 53.1 Å². The Morgan fingerprint density at radius 3 is 2.50 bits per heavy atom. The van der Waals surface area contributed by atoms with Crippen LogP contribution in [0.1, 0.15) is 27.2 Å². The predicted octanol–water partition coefficient (Wildman–Crippen LogP) is 1.08. The molecule has 1 aliphatic rings. The third kappa shape index (κ3) is 3.61. The second-order valence-electron chi connectivity index (χ2n) is 5.01. The van der Waals surface area contributed by atoms with Gasteiger partial charge in [-0.1, -0.05) is 5.16 Å². The van der Waals surface area contributed by atoms with Gasteiger partial charge in [-0.25, -0.2) is 9.59 Å². The molecular weight excluding hydrogens is 240 g/mol. The molecular formula is C11H18N2O5. The zero-order valence-corrected chi connectivity index (χ0v) is 11.0. The van der Waals surface area contributed by atoms with E-state index in [1.165, 1.54) is 7.11 Å². The lowest BCUT2D eigenvalue weighted by atomic mass is 10.2. The average Bonchev–Trinajstić information content (AvgIpc) is 2.59. The highest BCUT2D eigenvalue weighted by molar-refractivity contribution is 5.98. The van der Waals surface area contributed by atoms with Crippen molar-refractivity contribution in [1.29, 1.82) is 0 Å². The standard InChI is InChI=1S/C11H18N2O5/c1-11(2,3)18-10(16)13-6-7(12-17-4)5-8(13)9(14)15/h8H,5-6H2,1-4H3,(H,14,15). The summed E-state index contributed by atoms with van der Waals surface area (Å²) in [4.78, 5) is 28.7. The lowest BCUT2D eigenvalue weighted by Gasteiger charge is -2.26. The van der Waals surface area contributed by atoms with Crippen LogP contribution in [0.4, 0.5) is 4.79 Å². The van der Waals surface area contributed by atoms with Gasteiger partial charge in [0.15, 0.2) is 0 Å². The van der Waals surface area contributed by atoms with Crippen molar-refractivity contribution in [2.75, 3.05) is 13.7 Å². The predicted molar refractivity (Wildman–Crippen MR) is 63.4 cm³/mol. The van der Waals surface area contributed by atoms with E-state index >= 15 is 0 Å². The lowest BCUT2D eigenvalue weighted by molar-refractivity contribution is -0.142. The van der Waals surface area contributed by atoms with Gasteiger partial charge in [0.1, 0.15) is 18.8 Å². The Morgan fingerprint density at radius 1 is 1.44 bits per heavy atom. The fourth-order valence-corrected chi connectivity index (χ4v) is 1.63. The van der Waals surface area contributed by atoms with Gasteiger partial charge < -0.3 is 14.7 Å². The normalized spacial score (nSPS) is 22.1. The molecule has 0 aromatic rings. The minimum atomic E-state index is -1.08. The largest absolute Gasteiger partial charge is 0.480 e. The zero-order chi connectivity index (χ0) is 13.9. The first-order valence-corrected chi connectivity index (χ1v) is 5.56. The van der Waals surface area contributed by atoms with E-state index in [1.807, 2.05) is 0 Å². The highest BCUT2D eigenvalue weighted by atomic mass is 16.6. The topological polar surface area (TPSA) is 88.4 Å². The van der Waals surface area contributed by atoms with Gasteiger partial charge in [0.25, 0.3) is 0 Å². The van der Waals surface area contributed by atoms with E-state index in [2.05, 4.69) is 9.99 Å². The molecule has 1 fully saturated rings. The van der Waals surface area contributed by atoms with Crippen molar-refractivity contribution in [1.82, 2.24) is 4.90 Å². The number of oxime groups is 1. The Kier molecular flexibility index (Phi) is 4.15. The van der Waals surface area contributed by atoms with Crippen LogP contribution in [0.2, 0.25) is 0 Å². The number of hydrogen-bond acceptors (Lipinski definition) is 5. The van der Waals surface area contributed by atoms with Crippen molar-refractivity contribution in [3.63, 3.8) is 0 Å². The van der Waals surface area contributed by atoms with E-state index < -0.39 is 23.7 Å². The van der Waals surface area contributed by atoms with E-state index in [0.29, 0.717) is 5.71 Å². The summed E-state index contributed by atoms with van der Waals surface area (Å²) in [6.45, 7) is 5.28. The maximum absolute atomic E-state index is 11.9. The Bertz CT molecular complexity index is 372. The molecule has 102 valence electrons. The Balaban J connectivity index is 2.82. The van der Waals surface area contributed by atoms with Crippen molar-refractivity contribution in [3.05, 3.63) is 0 Å².